The summed E-state index contributed by atoms with van der Waals surface area (Å²) in [7, 11) is 2.87. The molecule has 1 saturated heterocycles. The third kappa shape index (κ3) is 2.32. The lowest BCUT2D eigenvalue weighted by Gasteiger charge is -2.28. The highest BCUT2D eigenvalue weighted by atomic mass is 16.5. The van der Waals surface area contributed by atoms with Crippen molar-refractivity contribution in [3.05, 3.63) is 29.3 Å². The number of piperidine rings is 1. The monoisotopic (exact) mass is 299 g/mol. The van der Waals surface area contributed by atoms with Crippen LogP contribution in [0.2, 0.25) is 0 Å². The van der Waals surface area contributed by atoms with Crippen molar-refractivity contribution < 1.29 is 19.1 Å². The second-order valence-corrected chi connectivity index (χ2v) is 4.52. The molecule has 1 aliphatic rings. The largest absolute Gasteiger partial charge is 0.493 e. The molecule has 1 aliphatic heterocycles. The lowest BCUT2D eigenvalue weighted by Crippen LogP contribution is -2.46. The predicted molar refractivity (Wildman–Crippen MR) is 75.8 cm³/mol. The predicted octanol–water partition coefficient (Wildman–Crippen LogP) is 0.758. The number of nitrogens with one attached hydrogen (secondary N) is 2. The summed E-state index contributed by atoms with van der Waals surface area (Å²) in [6.07, 6.45) is 0. The van der Waals surface area contributed by atoms with E-state index in [1.54, 1.807) is 18.2 Å². The highest BCUT2D eigenvalue weighted by Gasteiger charge is 2.43. The number of nitrogens with zero attached hydrogens (tertiary/aromatic N) is 1. The van der Waals surface area contributed by atoms with Crippen LogP contribution in [-0.4, -0.2) is 31.9 Å². The van der Waals surface area contributed by atoms with Gasteiger partial charge in [-0.3, -0.25) is 20.3 Å². The van der Waals surface area contributed by atoms with Gasteiger partial charge in [0.05, 0.1) is 31.8 Å². The van der Waals surface area contributed by atoms with Crippen molar-refractivity contribution in [3.63, 3.8) is 0 Å². The SMILES string of the molecule is COc1cccc(C2C(=C=N)C(=O)NC(=O)C2C#N)c1OC. The molecule has 0 saturated carbocycles. The quantitative estimate of drug-likeness (QED) is 0.486. The van der Waals surface area contributed by atoms with Gasteiger partial charge in [0.25, 0.3) is 5.91 Å². The summed E-state index contributed by atoms with van der Waals surface area (Å²) >= 11 is 0. The molecule has 0 bridgehead atoms. The van der Waals surface area contributed by atoms with Crippen LogP contribution in [0.25, 0.3) is 0 Å². The van der Waals surface area contributed by atoms with Gasteiger partial charge in [-0.15, -0.1) is 0 Å². The van der Waals surface area contributed by atoms with Crippen LogP contribution >= 0.6 is 0 Å². The number of methoxy groups -OCH3 is 2. The molecule has 2 unspecified atom stereocenters. The topological polar surface area (TPSA) is 112 Å². The number of imide groups is 1. The zero-order valence-corrected chi connectivity index (χ0v) is 12.0. The Hall–Kier alpha value is -3.10. The number of rotatable bonds is 3. The average molecular weight is 299 g/mol. The van der Waals surface area contributed by atoms with Gasteiger partial charge in [0.2, 0.25) is 5.91 Å². The second-order valence-electron chi connectivity index (χ2n) is 4.52. The summed E-state index contributed by atoms with van der Waals surface area (Å²) in [6, 6.07) is 6.81. The molecule has 1 fully saturated rings. The molecular formula is C15H13N3O4. The maximum Gasteiger partial charge on any atom is 0.263 e. The van der Waals surface area contributed by atoms with Crippen molar-refractivity contribution in [3.8, 4) is 17.6 Å². The van der Waals surface area contributed by atoms with E-state index in [4.69, 9.17) is 14.9 Å². The maximum atomic E-state index is 11.9. The van der Waals surface area contributed by atoms with Gasteiger partial charge in [0.15, 0.2) is 11.5 Å². The first-order valence-corrected chi connectivity index (χ1v) is 6.34. The molecule has 1 aromatic rings. The fourth-order valence-corrected chi connectivity index (χ4v) is 2.48. The number of hydrogen-bond donors (Lipinski definition) is 2. The van der Waals surface area contributed by atoms with E-state index in [2.05, 4.69) is 5.32 Å². The van der Waals surface area contributed by atoms with E-state index in [1.807, 2.05) is 11.9 Å². The molecule has 22 heavy (non-hydrogen) atoms. The van der Waals surface area contributed by atoms with Crippen molar-refractivity contribution >= 4 is 17.7 Å². The summed E-state index contributed by atoms with van der Waals surface area (Å²) in [5.74, 6) is -0.795. The number of benzene rings is 1. The van der Waals surface area contributed by atoms with Crippen LogP contribution in [0.15, 0.2) is 23.8 Å². The summed E-state index contributed by atoms with van der Waals surface area (Å²) in [5, 5.41) is 18.7. The normalized spacial score (nSPS) is 20.7. The van der Waals surface area contributed by atoms with Crippen LogP contribution in [-0.2, 0) is 9.59 Å². The molecule has 2 rings (SSSR count). The molecule has 2 N–H and O–H groups in total. The van der Waals surface area contributed by atoms with E-state index in [0.717, 1.165) is 0 Å². The van der Waals surface area contributed by atoms with E-state index in [9.17, 15) is 14.9 Å². The summed E-state index contributed by atoms with van der Waals surface area (Å²) in [4.78, 5) is 23.8. The van der Waals surface area contributed by atoms with Gasteiger partial charge < -0.3 is 9.47 Å². The van der Waals surface area contributed by atoms with Crippen LogP contribution in [0.3, 0.4) is 0 Å². The van der Waals surface area contributed by atoms with E-state index >= 15 is 0 Å². The third-order valence-corrected chi connectivity index (χ3v) is 3.45. The highest BCUT2D eigenvalue weighted by molar-refractivity contribution is 6.14. The van der Waals surface area contributed by atoms with Gasteiger partial charge in [0, 0.05) is 5.56 Å². The highest BCUT2D eigenvalue weighted by Crippen LogP contribution is 2.42. The minimum Gasteiger partial charge on any atom is -0.493 e. The molecular weight excluding hydrogens is 286 g/mol. The Morgan fingerprint density at radius 1 is 1.27 bits per heavy atom. The first-order chi connectivity index (χ1) is 10.6. The van der Waals surface area contributed by atoms with Crippen LogP contribution in [0, 0.1) is 22.7 Å². The zero-order chi connectivity index (χ0) is 16.3. The van der Waals surface area contributed by atoms with Gasteiger partial charge in [-0.05, 0) is 11.9 Å². The molecule has 2 atom stereocenters. The first-order valence-electron chi connectivity index (χ1n) is 6.34. The maximum absolute atomic E-state index is 11.9. The molecule has 1 heterocycles. The van der Waals surface area contributed by atoms with Crippen molar-refractivity contribution in [2.75, 3.05) is 14.2 Å². The van der Waals surface area contributed by atoms with Crippen LogP contribution in [0.5, 0.6) is 11.5 Å². The van der Waals surface area contributed by atoms with E-state index in [0.29, 0.717) is 17.1 Å². The molecule has 7 nitrogen and oxygen atoms in total. The van der Waals surface area contributed by atoms with Crippen molar-refractivity contribution in [1.82, 2.24) is 5.32 Å². The van der Waals surface area contributed by atoms with E-state index < -0.39 is 23.7 Å². The Bertz CT molecular complexity index is 729. The lowest BCUT2D eigenvalue weighted by atomic mass is 9.77. The van der Waals surface area contributed by atoms with Gasteiger partial charge in [-0.25, -0.2) is 0 Å². The van der Waals surface area contributed by atoms with Crippen molar-refractivity contribution in [2.45, 2.75) is 5.92 Å². The summed E-state index contributed by atoms with van der Waals surface area (Å²) in [6.45, 7) is 0. The van der Waals surface area contributed by atoms with Crippen LogP contribution < -0.4 is 14.8 Å². The standard InChI is InChI=1S/C15H13N3O4/c1-21-11-5-3-4-8(13(11)22-2)12-9(6-16)14(19)18-15(20)10(12)7-17/h3-5,9,12,17H,1-2H3,(H,18,19,20). The smallest absolute Gasteiger partial charge is 0.263 e. The number of amides is 2. The van der Waals surface area contributed by atoms with Crippen molar-refractivity contribution in [2.24, 2.45) is 5.92 Å². The summed E-state index contributed by atoms with van der Waals surface area (Å²) < 4.78 is 10.5. The molecule has 0 spiro atoms. The number of carbonyl (C=O) groups is 2. The van der Waals surface area contributed by atoms with E-state index in [-0.39, 0.29) is 5.57 Å². The average Bonchev–Trinajstić information content (AvgIpc) is 2.53. The lowest BCUT2D eigenvalue weighted by molar-refractivity contribution is -0.132. The first kappa shape index (κ1) is 15.3. The Kier molecular flexibility index (Phi) is 4.25. The molecule has 2 amide bonds. The Morgan fingerprint density at radius 3 is 2.55 bits per heavy atom. The molecule has 1 aromatic carbocycles. The number of para-hydroxylation sites is 1. The molecule has 0 aromatic heterocycles. The number of ether oxygens (including phenoxy) is 2. The van der Waals surface area contributed by atoms with Gasteiger partial charge in [-0.1, -0.05) is 12.1 Å². The van der Waals surface area contributed by atoms with Gasteiger partial charge in [0.1, 0.15) is 5.92 Å². The molecule has 112 valence electrons. The van der Waals surface area contributed by atoms with Crippen molar-refractivity contribution in [1.29, 1.82) is 10.7 Å². The second kappa shape index (κ2) is 6.12. The zero-order valence-electron chi connectivity index (χ0n) is 12.0. The third-order valence-electron chi connectivity index (χ3n) is 3.45. The fourth-order valence-electron chi connectivity index (χ4n) is 2.48. The fraction of sp³-hybridized carbons (Fsp3) is 0.267. The minimum absolute atomic E-state index is 0.0993. The van der Waals surface area contributed by atoms with Crippen LogP contribution in [0.1, 0.15) is 11.5 Å². The minimum atomic E-state index is -1.16. The Balaban J connectivity index is 2.70. The number of nitriles is 1. The van der Waals surface area contributed by atoms with Crippen LogP contribution in [0.4, 0.5) is 0 Å². The molecule has 0 radical (unpaired) electrons. The van der Waals surface area contributed by atoms with Gasteiger partial charge in [-0.2, -0.15) is 5.26 Å². The Morgan fingerprint density at radius 2 is 2.00 bits per heavy atom. The molecule has 0 aliphatic carbocycles. The number of hydrogen-bond acceptors (Lipinski definition) is 6. The van der Waals surface area contributed by atoms with Gasteiger partial charge >= 0.3 is 0 Å². The number of carbonyl (C=O) groups excluding carboxylic acids is 2. The van der Waals surface area contributed by atoms with E-state index in [1.165, 1.54) is 14.2 Å². The Labute approximate surface area is 126 Å². The molecule has 7 heteroatoms. The summed E-state index contributed by atoms with van der Waals surface area (Å²) in [5.41, 5.74) is 0.323.